The SMILES string of the molecule is CC(=O)c1nn(-c2ccc(-n3cccn3)cc2F)cc(C)c1=O. The van der Waals surface area contributed by atoms with E-state index < -0.39 is 17.0 Å². The van der Waals surface area contributed by atoms with Crippen molar-refractivity contribution in [1.82, 2.24) is 19.6 Å². The summed E-state index contributed by atoms with van der Waals surface area (Å²) in [6.07, 6.45) is 4.70. The van der Waals surface area contributed by atoms with Gasteiger partial charge in [0, 0.05) is 37.1 Å². The molecule has 6 nitrogen and oxygen atoms in total. The van der Waals surface area contributed by atoms with Crippen LogP contribution >= 0.6 is 0 Å². The summed E-state index contributed by atoms with van der Waals surface area (Å²) in [7, 11) is 0. The molecule has 0 fully saturated rings. The van der Waals surface area contributed by atoms with Gasteiger partial charge < -0.3 is 0 Å². The highest BCUT2D eigenvalue weighted by atomic mass is 19.1. The summed E-state index contributed by atoms with van der Waals surface area (Å²) in [5.41, 5.74) is 0.371. The molecule has 0 spiro atoms. The molecule has 0 radical (unpaired) electrons. The molecule has 2 aromatic heterocycles. The molecular weight excluding hydrogens is 299 g/mol. The van der Waals surface area contributed by atoms with Gasteiger partial charge in [-0.25, -0.2) is 13.8 Å². The molecule has 2 heterocycles. The van der Waals surface area contributed by atoms with E-state index in [2.05, 4.69) is 10.2 Å². The fourth-order valence-electron chi connectivity index (χ4n) is 2.21. The third-order valence-electron chi connectivity index (χ3n) is 3.38. The Bertz CT molecular complexity index is 945. The zero-order valence-corrected chi connectivity index (χ0v) is 12.5. The minimum atomic E-state index is -0.539. The molecule has 0 N–H and O–H groups in total. The van der Waals surface area contributed by atoms with Gasteiger partial charge in [-0.3, -0.25) is 9.59 Å². The first-order valence-corrected chi connectivity index (χ1v) is 6.89. The number of ketones is 1. The maximum absolute atomic E-state index is 14.4. The average molecular weight is 312 g/mol. The van der Waals surface area contributed by atoms with Crippen LogP contribution in [0.25, 0.3) is 11.4 Å². The van der Waals surface area contributed by atoms with E-state index in [0.29, 0.717) is 11.3 Å². The second-order valence-corrected chi connectivity index (χ2v) is 5.08. The predicted octanol–water partition coefficient (Wildman–Crippen LogP) is 2.07. The molecule has 116 valence electrons. The fraction of sp³-hybridized carbons (Fsp3) is 0.125. The molecule has 1 aromatic carbocycles. The molecule has 7 heteroatoms. The Morgan fingerprint density at radius 2 is 2.04 bits per heavy atom. The standard InChI is InChI=1S/C16H13FN4O2/c1-10-9-21(19-15(11(2)22)16(10)23)14-5-4-12(8-13(14)17)20-7-3-6-18-20/h3-9H,1-2H3. The smallest absolute Gasteiger partial charge is 0.214 e. The summed E-state index contributed by atoms with van der Waals surface area (Å²) in [5, 5.41) is 7.98. The van der Waals surface area contributed by atoms with Gasteiger partial charge >= 0.3 is 0 Å². The third kappa shape index (κ3) is 2.68. The number of rotatable bonds is 3. The van der Waals surface area contributed by atoms with Gasteiger partial charge in [-0.05, 0) is 25.1 Å². The monoisotopic (exact) mass is 312 g/mol. The molecule has 3 aromatic rings. The largest absolute Gasteiger partial charge is 0.293 e. The van der Waals surface area contributed by atoms with Crippen LogP contribution in [-0.4, -0.2) is 25.3 Å². The zero-order valence-electron chi connectivity index (χ0n) is 12.5. The minimum absolute atomic E-state index is 0.145. The molecular formula is C16H13FN4O2. The van der Waals surface area contributed by atoms with Crippen LogP contribution < -0.4 is 5.43 Å². The molecule has 0 unspecified atom stereocenters. The highest BCUT2D eigenvalue weighted by Crippen LogP contribution is 2.17. The van der Waals surface area contributed by atoms with Crippen LogP contribution in [0.4, 0.5) is 4.39 Å². The van der Waals surface area contributed by atoms with Crippen LogP contribution in [0.1, 0.15) is 23.0 Å². The Hall–Kier alpha value is -3.09. The van der Waals surface area contributed by atoms with Crippen LogP contribution in [0.15, 0.2) is 47.7 Å². The third-order valence-corrected chi connectivity index (χ3v) is 3.38. The second-order valence-electron chi connectivity index (χ2n) is 5.08. The Morgan fingerprint density at radius 3 is 2.65 bits per heavy atom. The Balaban J connectivity index is 2.13. The number of aryl methyl sites for hydroxylation is 1. The number of halogens is 1. The molecule has 0 aliphatic heterocycles. The molecule has 0 aliphatic carbocycles. The summed E-state index contributed by atoms with van der Waals surface area (Å²) in [6, 6.07) is 6.24. The van der Waals surface area contributed by atoms with E-state index >= 15 is 0 Å². The number of carbonyl (C=O) groups is 1. The summed E-state index contributed by atoms with van der Waals surface area (Å²) in [4.78, 5) is 23.4. The van der Waals surface area contributed by atoms with Gasteiger partial charge in [0.1, 0.15) is 5.69 Å². The first-order chi connectivity index (χ1) is 11.0. The number of nitrogens with zero attached hydrogens (tertiary/aromatic N) is 4. The quantitative estimate of drug-likeness (QED) is 0.694. The van der Waals surface area contributed by atoms with Gasteiger partial charge in [-0.1, -0.05) is 0 Å². The molecule has 0 amide bonds. The van der Waals surface area contributed by atoms with Gasteiger partial charge in [-0.2, -0.15) is 10.2 Å². The molecule has 0 aliphatic rings. The number of carbonyl (C=O) groups excluding carboxylic acids is 1. The van der Waals surface area contributed by atoms with Crippen molar-refractivity contribution in [3.05, 3.63) is 70.2 Å². The van der Waals surface area contributed by atoms with Crippen molar-refractivity contribution >= 4 is 5.78 Å². The van der Waals surface area contributed by atoms with Crippen molar-refractivity contribution < 1.29 is 9.18 Å². The summed E-state index contributed by atoms with van der Waals surface area (Å²) >= 11 is 0. The van der Waals surface area contributed by atoms with Gasteiger partial charge in [0.15, 0.2) is 17.3 Å². The number of hydrogen-bond acceptors (Lipinski definition) is 4. The molecule has 0 saturated carbocycles. The maximum atomic E-state index is 14.4. The van der Waals surface area contributed by atoms with Crippen LogP contribution in [0.3, 0.4) is 0 Å². The normalized spacial score (nSPS) is 10.7. The number of benzene rings is 1. The second kappa shape index (κ2) is 5.60. The predicted molar refractivity (Wildman–Crippen MR) is 81.7 cm³/mol. The van der Waals surface area contributed by atoms with E-state index in [9.17, 15) is 14.0 Å². The summed E-state index contributed by atoms with van der Waals surface area (Å²) < 4.78 is 17.2. The van der Waals surface area contributed by atoms with Crippen LogP contribution in [0, 0.1) is 12.7 Å². The Morgan fingerprint density at radius 1 is 1.26 bits per heavy atom. The van der Waals surface area contributed by atoms with Crippen molar-refractivity contribution in [2.45, 2.75) is 13.8 Å². The van der Waals surface area contributed by atoms with Gasteiger partial charge in [0.05, 0.1) is 5.69 Å². The molecule has 0 bridgehead atoms. The highest BCUT2D eigenvalue weighted by molar-refractivity contribution is 5.91. The van der Waals surface area contributed by atoms with E-state index in [-0.39, 0.29) is 11.4 Å². The summed E-state index contributed by atoms with van der Waals surface area (Å²) in [5.74, 6) is -0.996. The van der Waals surface area contributed by atoms with Crippen LogP contribution in [0.5, 0.6) is 0 Å². The van der Waals surface area contributed by atoms with Crippen molar-refractivity contribution in [1.29, 1.82) is 0 Å². The van der Waals surface area contributed by atoms with Crippen LogP contribution in [0.2, 0.25) is 0 Å². The lowest BCUT2D eigenvalue weighted by atomic mass is 10.2. The van der Waals surface area contributed by atoms with Crippen molar-refractivity contribution in [3.8, 4) is 11.4 Å². The Labute approximate surface area is 130 Å². The van der Waals surface area contributed by atoms with E-state index in [1.54, 1.807) is 31.5 Å². The fourth-order valence-corrected chi connectivity index (χ4v) is 2.21. The van der Waals surface area contributed by atoms with Crippen LogP contribution in [-0.2, 0) is 0 Å². The molecule has 23 heavy (non-hydrogen) atoms. The highest BCUT2D eigenvalue weighted by Gasteiger charge is 2.14. The van der Waals surface area contributed by atoms with Gasteiger partial charge in [0.2, 0.25) is 5.43 Å². The number of Topliss-reactive ketones (excluding diaryl/α,β-unsaturated/α-hetero) is 1. The summed E-state index contributed by atoms with van der Waals surface area (Å²) in [6.45, 7) is 2.81. The Kier molecular flexibility index (Phi) is 3.61. The molecule has 3 rings (SSSR count). The van der Waals surface area contributed by atoms with E-state index in [4.69, 9.17) is 0 Å². The average Bonchev–Trinajstić information content (AvgIpc) is 3.04. The lowest BCUT2D eigenvalue weighted by Crippen LogP contribution is -2.22. The lowest BCUT2D eigenvalue weighted by molar-refractivity contribution is 0.101. The van der Waals surface area contributed by atoms with E-state index in [1.165, 1.54) is 34.6 Å². The van der Waals surface area contributed by atoms with Crippen molar-refractivity contribution in [2.75, 3.05) is 0 Å². The topological polar surface area (TPSA) is 69.8 Å². The van der Waals surface area contributed by atoms with E-state index in [0.717, 1.165) is 0 Å². The zero-order chi connectivity index (χ0) is 16.6. The minimum Gasteiger partial charge on any atom is -0.293 e. The van der Waals surface area contributed by atoms with Gasteiger partial charge in [0.25, 0.3) is 0 Å². The maximum Gasteiger partial charge on any atom is 0.214 e. The van der Waals surface area contributed by atoms with E-state index in [1.807, 2.05) is 0 Å². The number of hydrogen-bond donors (Lipinski definition) is 0. The molecule has 0 saturated heterocycles. The number of aromatic nitrogens is 4. The lowest BCUT2D eigenvalue weighted by Gasteiger charge is -2.10. The first kappa shape index (κ1) is 14.8. The first-order valence-electron chi connectivity index (χ1n) is 6.89. The molecule has 0 atom stereocenters. The van der Waals surface area contributed by atoms with Crippen molar-refractivity contribution in [2.24, 2.45) is 0 Å². The van der Waals surface area contributed by atoms with Crippen molar-refractivity contribution in [3.63, 3.8) is 0 Å². The van der Waals surface area contributed by atoms with Gasteiger partial charge in [-0.15, -0.1) is 0 Å².